The van der Waals surface area contributed by atoms with E-state index >= 15 is 0 Å². The molecule has 0 spiro atoms. The maximum absolute atomic E-state index is 5.57. The number of aliphatic imine (C=N–C) groups is 1. The van der Waals surface area contributed by atoms with Crippen LogP contribution in [0.3, 0.4) is 0 Å². The molecular weight excluding hydrogens is 505 g/mol. The average Bonchev–Trinajstić information content (AvgIpc) is 2.79. The molecule has 0 bridgehead atoms. The third kappa shape index (κ3) is 9.11. The van der Waals surface area contributed by atoms with Crippen LogP contribution in [0.25, 0.3) is 0 Å². The van der Waals surface area contributed by atoms with Crippen LogP contribution in [-0.2, 0) is 4.74 Å². The fourth-order valence-electron chi connectivity index (χ4n) is 3.89. The Bertz CT molecular complexity index is 619. The summed E-state index contributed by atoms with van der Waals surface area (Å²) in [6, 6.07) is 9.07. The third-order valence-corrected chi connectivity index (χ3v) is 5.74. The maximum Gasteiger partial charge on any atom is 0.191 e. The van der Waals surface area contributed by atoms with Gasteiger partial charge in [-0.1, -0.05) is 26.0 Å². The number of morpholine rings is 1. The van der Waals surface area contributed by atoms with Crippen molar-refractivity contribution in [2.45, 2.75) is 39.8 Å². The van der Waals surface area contributed by atoms with Crippen molar-refractivity contribution in [3.05, 3.63) is 29.8 Å². The number of methoxy groups -OCH3 is 1. The number of guanidine groups is 1. The minimum atomic E-state index is 0. The summed E-state index contributed by atoms with van der Waals surface area (Å²) >= 11 is 0. The molecule has 0 amide bonds. The molecule has 7 nitrogen and oxygen atoms in total. The quantitative estimate of drug-likeness (QED) is 0.253. The lowest BCUT2D eigenvalue weighted by molar-refractivity contribution is 0.0170. The molecule has 0 aliphatic carbocycles. The highest BCUT2D eigenvalue weighted by Crippen LogP contribution is 2.23. The molecule has 0 saturated carbocycles. The molecule has 8 heteroatoms. The largest absolute Gasteiger partial charge is 0.497 e. The van der Waals surface area contributed by atoms with Crippen molar-refractivity contribution in [1.82, 2.24) is 20.4 Å². The van der Waals surface area contributed by atoms with Crippen LogP contribution >= 0.6 is 24.0 Å². The van der Waals surface area contributed by atoms with E-state index in [1.807, 2.05) is 12.1 Å². The Kier molecular flexibility index (Phi) is 14.1. The van der Waals surface area contributed by atoms with Gasteiger partial charge < -0.3 is 20.1 Å². The summed E-state index contributed by atoms with van der Waals surface area (Å²) in [5.41, 5.74) is 1.28. The first-order chi connectivity index (χ1) is 14.6. The Morgan fingerprint density at radius 1 is 1.13 bits per heavy atom. The molecule has 0 aromatic heterocycles. The van der Waals surface area contributed by atoms with E-state index in [9.17, 15) is 0 Å². The monoisotopic (exact) mass is 547 g/mol. The summed E-state index contributed by atoms with van der Waals surface area (Å²) in [7, 11) is 1.70. The lowest BCUT2D eigenvalue weighted by Crippen LogP contribution is -2.46. The smallest absolute Gasteiger partial charge is 0.191 e. The standard InChI is InChI=1S/C23H41N5O2.HI/c1-6-24-23(25-17-19(4)27(7-2)8-3)26-18-22(28-13-15-30-16-14-28)20-9-11-21(29-5)12-10-20;/h9-12,19,22H,6-8,13-18H2,1-5H3,(H2,24,25,26);1H. The van der Waals surface area contributed by atoms with Crippen LogP contribution in [0.2, 0.25) is 0 Å². The first-order valence-electron chi connectivity index (χ1n) is 11.3. The molecule has 1 fully saturated rings. The van der Waals surface area contributed by atoms with Crippen LogP contribution in [-0.4, -0.2) is 87.9 Å². The number of hydrogen-bond acceptors (Lipinski definition) is 5. The molecule has 1 saturated heterocycles. The zero-order valence-electron chi connectivity index (χ0n) is 19.9. The van der Waals surface area contributed by atoms with Crippen molar-refractivity contribution in [3.63, 3.8) is 0 Å². The highest BCUT2D eigenvalue weighted by Gasteiger charge is 2.23. The van der Waals surface area contributed by atoms with Gasteiger partial charge in [-0.05, 0) is 44.6 Å². The van der Waals surface area contributed by atoms with Gasteiger partial charge in [0.1, 0.15) is 5.75 Å². The van der Waals surface area contributed by atoms with Crippen molar-refractivity contribution in [2.24, 2.45) is 4.99 Å². The van der Waals surface area contributed by atoms with Crippen molar-refractivity contribution in [3.8, 4) is 5.75 Å². The fraction of sp³-hybridized carbons (Fsp3) is 0.696. The molecule has 1 aromatic rings. The van der Waals surface area contributed by atoms with E-state index < -0.39 is 0 Å². The van der Waals surface area contributed by atoms with Crippen molar-refractivity contribution in [2.75, 3.05) is 66.1 Å². The van der Waals surface area contributed by atoms with E-state index in [0.717, 1.165) is 70.7 Å². The van der Waals surface area contributed by atoms with E-state index in [2.05, 4.69) is 60.3 Å². The van der Waals surface area contributed by atoms with Gasteiger partial charge in [-0.2, -0.15) is 0 Å². The lowest BCUT2D eigenvalue weighted by Gasteiger charge is -2.35. The second-order valence-corrected chi connectivity index (χ2v) is 7.61. The zero-order chi connectivity index (χ0) is 21.8. The van der Waals surface area contributed by atoms with Crippen LogP contribution in [0.4, 0.5) is 0 Å². The second-order valence-electron chi connectivity index (χ2n) is 7.61. The summed E-state index contributed by atoms with van der Waals surface area (Å²) in [5.74, 6) is 1.76. The Hall–Kier alpha value is -1.10. The van der Waals surface area contributed by atoms with E-state index in [-0.39, 0.29) is 30.0 Å². The van der Waals surface area contributed by atoms with Crippen LogP contribution in [0.15, 0.2) is 29.3 Å². The van der Waals surface area contributed by atoms with Crippen molar-refractivity contribution < 1.29 is 9.47 Å². The molecule has 2 atom stereocenters. The molecule has 2 unspecified atom stereocenters. The summed E-state index contributed by atoms with van der Waals surface area (Å²) in [4.78, 5) is 9.78. The lowest BCUT2D eigenvalue weighted by atomic mass is 10.0. The number of hydrogen-bond donors (Lipinski definition) is 2. The molecule has 0 radical (unpaired) electrons. The highest BCUT2D eigenvalue weighted by molar-refractivity contribution is 14.0. The molecule has 31 heavy (non-hydrogen) atoms. The zero-order valence-corrected chi connectivity index (χ0v) is 22.2. The van der Waals surface area contributed by atoms with Gasteiger partial charge in [-0.3, -0.25) is 14.8 Å². The summed E-state index contributed by atoms with van der Waals surface area (Å²) in [6.45, 7) is 16.7. The summed E-state index contributed by atoms with van der Waals surface area (Å²) < 4.78 is 10.9. The van der Waals surface area contributed by atoms with E-state index in [0.29, 0.717) is 6.04 Å². The van der Waals surface area contributed by atoms with Gasteiger partial charge in [-0.15, -0.1) is 24.0 Å². The topological polar surface area (TPSA) is 61.4 Å². The third-order valence-electron chi connectivity index (χ3n) is 5.74. The van der Waals surface area contributed by atoms with Gasteiger partial charge in [0.05, 0.1) is 32.9 Å². The summed E-state index contributed by atoms with van der Waals surface area (Å²) in [5, 5.41) is 6.98. The van der Waals surface area contributed by atoms with Gasteiger partial charge in [0.2, 0.25) is 0 Å². The summed E-state index contributed by atoms with van der Waals surface area (Å²) in [6.07, 6.45) is 0. The van der Waals surface area contributed by atoms with Crippen molar-refractivity contribution >= 4 is 29.9 Å². The predicted molar refractivity (Wildman–Crippen MR) is 140 cm³/mol. The van der Waals surface area contributed by atoms with Gasteiger partial charge in [0.15, 0.2) is 5.96 Å². The first-order valence-corrected chi connectivity index (χ1v) is 11.3. The number of nitrogens with one attached hydrogen (secondary N) is 2. The van der Waals surface area contributed by atoms with Crippen LogP contribution in [0.1, 0.15) is 39.3 Å². The van der Waals surface area contributed by atoms with Crippen LogP contribution in [0.5, 0.6) is 5.75 Å². The molecule has 1 aromatic carbocycles. The van der Waals surface area contributed by atoms with Crippen molar-refractivity contribution in [1.29, 1.82) is 0 Å². The highest BCUT2D eigenvalue weighted by atomic mass is 127. The van der Waals surface area contributed by atoms with Gasteiger partial charge >= 0.3 is 0 Å². The number of rotatable bonds is 11. The van der Waals surface area contributed by atoms with Crippen LogP contribution < -0.4 is 15.4 Å². The Morgan fingerprint density at radius 2 is 1.77 bits per heavy atom. The Balaban J connectivity index is 0.00000480. The number of ether oxygens (including phenoxy) is 2. The van der Waals surface area contributed by atoms with Crippen LogP contribution in [0, 0.1) is 0 Å². The number of nitrogens with zero attached hydrogens (tertiary/aromatic N) is 3. The number of benzene rings is 1. The Morgan fingerprint density at radius 3 is 2.32 bits per heavy atom. The minimum absolute atomic E-state index is 0. The number of likely N-dealkylation sites (N-methyl/N-ethyl adjacent to an activating group) is 1. The molecule has 2 N–H and O–H groups in total. The average molecular weight is 548 g/mol. The number of halogens is 1. The normalized spacial score (nSPS) is 17.0. The second kappa shape index (κ2) is 15.7. The molecule has 178 valence electrons. The Labute approximate surface area is 206 Å². The molecule has 2 rings (SSSR count). The fourth-order valence-corrected chi connectivity index (χ4v) is 3.89. The molecular formula is C23H42IN5O2. The van der Waals surface area contributed by atoms with Gasteiger partial charge in [-0.25, -0.2) is 0 Å². The molecule has 1 heterocycles. The SMILES string of the molecule is CCNC(=NCC(C)N(CC)CC)NCC(c1ccc(OC)cc1)N1CCOCC1.I. The van der Waals surface area contributed by atoms with E-state index in [1.165, 1.54) is 5.56 Å². The molecule has 1 aliphatic rings. The van der Waals surface area contributed by atoms with Gasteiger partial charge in [0, 0.05) is 32.2 Å². The van der Waals surface area contributed by atoms with Gasteiger partial charge in [0.25, 0.3) is 0 Å². The first kappa shape index (κ1) is 27.9. The molecule has 1 aliphatic heterocycles. The van der Waals surface area contributed by atoms with E-state index in [1.54, 1.807) is 7.11 Å². The minimum Gasteiger partial charge on any atom is -0.497 e. The van der Waals surface area contributed by atoms with E-state index in [4.69, 9.17) is 14.5 Å². The maximum atomic E-state index is 5.57. The predicted octanol–water partition coefficient (Wildman–Crippen LogP) is 2.97.